The zero-order valence-corrected chi connectivity index (χ0v) is 9.09. The van der Waals surface area contributed by atoms with Crippen molar-refractivity contribution in [1.29, 1.82) is 0 Å². The molecule has 0 atom stereocenters. The molecule has 0 aromatic rings. The summed E-state index contributed by atoms with van der Waals surface area (Å²) in [6, 6.07) is 0. The van der Waals surface area contributed by atoms with Crippen LogP contribution in [0, 0.1) is 0 Å². The number of allylic oxidation sites excluding steroid dienone is 1. The van der Waals surface area contributed by atoms with Crippen molar-refractivity contribution in [2.75, 3.05) is 20.7 Å². The van der Waals surface area contributed by atoms with Gasteiger partial charge in [-0.1, -0.05) is 0 Å². The molecule has 0 aromatic carbocycles. The zero-order chi connectivity index (χ0) is 10.6. The maximum Gasteiger partial charge on any atom is 0.335 e. The monoisotopic (exact) mass is 198 g/mol. The molecule has 0 unspecified atom stereocenters. The lowest BCUT2D eigenvalue weighted by Gasteiger charge is -2.15. The van der Waals surface area contributed by atoms with Gasteiger partial charge in [-0.2, -0.15) is 0 Å². The van der Waals surface area contributed by atoms with Gasteiger partial charge in [0, 0.05) is 19.8 Å². The number of nitrogens with zero attached hydrogens (tertiary/aromatic N) is 1. The fourth-order valence-electron chi connectivity index (χ4n) is 1.58. The first-order chi connectivity index (χ1) is 6.65. The molecule has 0 spiro atoms. The summed E-state index contributed by atoms with van der Waals surface area (Å²) >= 11 is 0. The Morgan fingerprint density at radius 3 is 2.79 bits per heavy atom. The van der Waals surface area contributed by atoms with E-state index in [2.05, 4.69) is 5.43 Å². The van der Waals surface area contributed by atoms with Crippen molar-refractivity contribution >= 4 is 5.97 Å². The molecule has 1 N–H and O–H groups in total. The van der Waals surface area contributed by atoms with Crippen LogP contribution in [0.25, 0.3) is 0 Å². The van der Waals surface area contributed by atoms with Crippen molar-refractivity contribution in [3.63, 3.8) is 0 Å². The number of nitrogens with one attached hydrogen (secondary N) is 1. The van der Waals surface area contributed by atoms with Crippen molar-refractivity contribution in [1.82, 2.24) is 10.4 Å². The molecular formula is C10H18N2O2. The largest absolute Gasteiger partial charge is 0.463 e. The number of hydrogen-bond donors (Lipinski definition) is 1. The lowest BCUT2D eigenvalue weighted by molar-refractivity contribution is -0.138. The molecule has 0 fully saturated rings. The number of hydrogen-bond acceptors (Lipinski definition) is 4. The van der Waals surface area contributed by atoms with E-state index < -0.39 is 0 Å². The maximum absolute atomic E-state index is 11.5. The number of carbonyl (C=O) groups excluding carboxylic acids is 1. The molecule has 4 heteroatoms. The minimum atomic E-state index is -0.172. The Bertz CT molecular complexity index is 247. The first-order valence-corrected chi connectivity index (χ1v) is 4.98. The molecule has 0 heterocycles. The summed E-state index contributed by atoms with van der Waals surface area (Å²) in [6.45, 7) is 2.27. The zero-order valence-electron chi connectivity index (χ0n) is 9.09. The van der Waals surface area contributed by atoms with Crippen molar-refractivity contribution < 1.29 is 9.53 Å². The van der Waals surface area contributed by atoms with E-state index in [1.165, 1.54) is 0 Å². The summed E-state index contributed by atoms with van der Waals surface area (Å²) in [5, 5.41) is 1.85. The Balaban J connectivity index is 2.66. The van der Waals surface area contributed by atoms with Crippen molar-refractivity contribution in [3.05, 3.63) is 11.3 Å². The molecule has 0 radical (unpaired) electrons. The average Bonchev–Trinajstić information content (AvgIpc) is 2.51. The van der Waals surface area contributed by atoms with Crippen LogP contribution >= 0.6 is 0 Å². The van der Waals surface area contributed by atoms with Gasteiger partial charge in [0.05, 0.1) is 12.2 Å². The first-order valence-electron chi connectivity index (χ1n) is 4.98. The highest BCUT2D eigenvalue weighted by atomic mass is 16.5. The van der Waals surface area contributed by atoms with E-state index in [9.17, 15) is 4.79 Å². The molecule has 0 saturated carbocycles. The molecule has 80 valence electrons. The van der Waals surface area contributed by atoms with Gasteiger partial charge in [0.15, 0.2) is 0 Å². The smallest absolute Gasteiger partial charge is 0.335 e. The number of hydrazine groups is 1. The highest BCUT2D eigenvalue weighted by molar-refractivity contribution is 5.89. The molecule has 1 rings (SSSR count). The molecule has 0 bridgehead atoms. The van der Waals surface area contributed by atoms with Gasteiger partial charge in [-0.3, -0.25) is 0 Å². The summed E-state index contributed by atoms with van der Waals surface area (Å²) in [6.07, 6.45) is 2.80. The Kier molecular flexibility index (Phi) is 3.95. The second kappa shape index (κ2) is 5.00. The fourth-order valence-corrected chi connectivity index (χ4v) is 1.58. The Morgan fingerprint density at radius 2 is 2.21 bits per heavy atom. The van der Waals surface area contributed by atoms with Gasteiger partial charge in [0.25, 0.3) is 0 Å². The molecule has 1 aliphatic rings. The lowest BCUT2D eigenvalue weighted by Crippen LogP contribution is -2.30. The standard InChI is InChI=1S/C10H18N2O2/c1-4-14-10(13)8-6-5-7-9(8)11-12(2)3/h11H,4-7H2,1-3H3. The van der Waals surface area contributed by atoms with E-state index >= 15 is 0 Å². The normalized spacial score (nSPS) is 16.3. The summed E-state index contributed by atoms with van der Waals surface area (Å²) in [4.78, 5) is 11.5. The van der Waals surface area contributed by atoms with E-state index in [-0.39, 0.29) is 5.97 Å². The molecule has 0 aliphatic heterocycles. The van der Waals surface area contributed by atoms with Crippen molar-refractivity contribution in [2.45, 2.75) is 26.2 Å². The number of carbonyl (C=O) groups is 1. The lowest BCUT2D eigenvalue weighted by atomic mass is 10.2. The van der Waals surface area contributed by atoms with Crippen LogP contribution < -0.4 is 5.43 Å². The van der Waals surface area contributed by atoms with Crippen molar-refractivity contribution in [3.8, 4) is 0 Å². The van der Waals surface area contributed by atoms with E-state index in [0.717, 1.165) is 30.5 Å². The first kappa shape index (κ1) is 11.0. The Labute approximate surface area is 84.9 Å². The summed E-state index contributed by atoms with van der Waals surface area (Å²) < 4.78 is 4.98. The maximum atomic E-state index is 11.5. The average molecular weight is 198 g/mol. The summed E-state index contributed by atoms with van der Waals surface area (Å²) in [5.74, 6) is -0.172. The van der Waals surface area contributed by atoms with E-state index in [4.69, 9.17) is 4.74 Å². The number of ether oxygens (including phenoxy) is 1. The quantitative estimate of drug-likeness (QED) is 0.541. The van der Waals surface area contributed by atoms with Gasteiger partial charge in [0.1, 0.15) is 0 Å². The SMILES string of the molecule is CCOC(=O)C1=C(NN(C)C)CCC1. The number of rotatable bonds is 4. The van der Waals surface area contributed by atoms with Crippen LogP contribution in [0.4, 0.5) is 0 Å². The van der Waals surface area contributed by atoms with Crippen LogP contribution in [-0.2, 0) is 9.53 Å². The number of esters is 1. The summed E-state index contributed by atoms with van der Waals surface area (Å²) in [7, 11) is 3.82. The summed E-state index contributed by atoms with van der Waals surface area (Å²) in [5.41, 5.74) is 4.96. The molecule has 0 amide bonds. The van der Waals surface area contributed by atoms with Gasteiger partial charge >= 0.3 is 5.97 Å². The highest BCUT2D eigenvalue weighted by Gasteiger charge is 2.21. The van der Waals surface area contributed by atoms with Crippen LogP contribution in [0.1, 0.15) is 26.2 Å². The molecule has 14 heavy (non-hydrogen) atoms. The van der Waals surface area contributed by atoms with Gasteiger partial charge < -0.3 is 10.2 Å². The topological polar surface area (TPSA) is 41.6 Å². The van der Waals surface area contributed by atoms with Gasteiger partial charge in [-0.25, -0.2) is 9.80 Å². The van der Waals surface area contributed by atoms with Crippen molar-refractivity contribution in [2.24, 2.45) is 0 Å². The molecule has 4 nitrogen and oxygen atoms in total. The van der Waals surface area contributed by atoms with Gasteiger partial charge in [0.2, 0.25) is 0 Å². The Hall–Kier alpha value is -1.03. The third-order valence-electron chi connectivity index (χ3n) is 2.10. The second-order valence-electron chi connectivity index (χ2n) is 3.54. The van der Waals surface area contributed by atoms with E-state index in [1.54, 1.807) is 0 Å². The van der Waals surface area contributed by atoms with Crippen LogP contribution in [0.15, 0.2) is 11.3 Å². The van der Waals surface area contributed by atoms with Gasteiger partial charge in [-0.05, 0) is 26.2 Å². The van der Waals surface area contributed by atoms with E-state index in [1.807, 2.05) is 26.0 Å². The second-order valence-corrected chi connectivity index (χ2v) is 3.54. The van der Waals surface area contributed by atoms with Crippen LogP contribution in [0.2, 0.25) is 0 Å². The molecule has 1 aliphatic carbocycles. The fraction of sp³-hybridized carbons (Fsp3) is 0.700. The predicted octanol–water partition coefficient (Wildman–Crippen LogP) is 1.05. The third kappa shape index (κ3) is 2.73. The predicted molar refractivity (Wildman–Crippen MR) is 54.3 cm³/mol. The van der Waals surface area contributed by atoms with Crippen LogP contribution in [0.5, 0.6) is 0 Å². The highest BCUT2D eigenvalue weighted by Crippen LogP contribution is 2.24. The minimum Gasteiger partial charge on any atom is -0.463 e. The molecule has 0 saturated heterocycles. The van der Waals surface area contributed by atoms with Crippen LogP contribution in [-0.4, -0.2) is 31.7 Å². The van der Waals surface area contributed by atoms with Gasteiger partial charge in [-0.15, -0.1) is 0 Å². The Morgan fingerprint density at radius 1 is 1.50 bits per heavy atom. The third-order valence-corrected chi connectivity index (χ3v) is 2.10. The molecule has 0 aromatic heterocycles. The van der Waals surface area contributed by atoms with Crippen LogP contribution in [0.3, 0.4) is 0 Å². The van der Waals surface area contributed by atoms with E-state index in [0.29, 0.717) is 6.61 Å². The minimum absolute atomic E-state index is 0.172. The molecular weight excluding hydrogens is 180 g/mol.